The van der Waals surface area contributed by atoms with Gasteiger partial charge < -0.3 is 14.8 Å². The lowest BCUT2D eigenvalue weighted by molar-refractivity contribution is -0.142. The van der Waals surface area contributed by atoms with Crippen LogP contribution in [0.4, 0.5) is 5.69 Å². The van der Waals surface area contributed by atoms with E-state index >= 15 is 0 Å². The largest absolute Gasteiger partial charge is 0.482 e. The summed E-state index contributed by atoms with van der Waals surface area (Å²) in [6.07, 6.45) is 0. The van der Waals surface area contributed by atoms with Crippen LogP contribution < -0.4 is 10.1 Å². The molecule has 1 amide bonds. The molecule has 21 heavy (non-hydrogen) atoms. The van der Waals surface area contributed by atoms with E-state index in [0.717, 1.165) is 0 Å². The molecule has 0 aliphatic rings. The molecule has 0 aromatic heterocycles. The minimum Gasteiger partial charge on any atom is -0.482 e. The van der Waals surface area contributed by atoms with Crippen LogP contribution in [0.2, 0.25) is 0 Å². The van der Waals surface area contributed by atoms with Gasteiger partial charge in [0, 0.05) is 11.3 Å². The average molecular weight is 285 g/mol. The van der Waals surface area contributed by atoms with E-state index in [-0.39, 0.29) is 12.5 Å². The molecule has 0 aliphatic heterocycles. The Morgan fingerprint density at radius 3 is 2.29 bits per heavy atom. The van der Waals surface area contributed by atoms with Crippen molar-refractivity contribution in [3.8, 4) is 5.75 Å². The van der Waals surface area contributed by atoms with Crippen LogP contribution in [0.1, 0.15) is 10.4 Å². The highest BCUT2D eigenvalue weighted by atomic mass is 16.6. The Kier molecular flexibility index (Phi) is 4.93. The summed E-state index contributed by atoms with van der Waals surface area (Å²) < 4.78 is 9.69. The smallest absolute Gasteiger partial charge is 0.343 e. The van der Waals surface area contributed by atoms with E-state index in [1.807, 2.05) is 6.07 Å². The number of carbonyl (C=O) groups is 2. The van der Waals surface area contributed by atoms with Crippen LogP contribution in [0.25, 0.3) is 0 Å². The van der Waals surface area contributed by atoms with Crippen molar-refractivity contribution in [1.29, 1.82) is 0 Å². The lowest BCUT2D eigenvalue weighted by atomic mass is 10.2. The van der Waals surface area contributed by atoms with Gasteiger partial charge in [0.05, 0.1) is 7.11 Å². The lowest BCUT2D eigenvalue weighted by Crippen LogP contribution is -2.13. The summed E-state index contributed by atoms with van der Waals surface area (Å²) in [5, 5.41) is 2.78. The normalized spacial score (nSPS) is 9.76. The number of benzene rings is 2. The number of hydrogen-bond acceptors (Lipinski definition) is 4. The molecule has 0 saturated heterocycles. The van der Waals surface area contributed by atoms with Crippen molar-refractivity contribution in [2.45, 2.75) is 0 Å². The first-order valence-corrected chi connectivity index (χ1v) is 6.35. The van der Waals surface area contributed by atoms with E-state index < -0.39 is 5.97 Å². The second-order valence-electron chi connectivity index (χ2n) is 4.21. The molecule has 0 unspecified atom stereocenters. The average Bonchev–Trinajstić information content (AvgIpc) is 2.54. The summed E-state index contributed by atoms with van der Waals surface area (Å²) in [6, 6.07) is 15.7. The van der Waals surface area contributed by atoms with Crippen molar-refractivity contribution >= 4 is 17.6 Å². The first kappa shape index (κ1) is 14.6. The highest BCUT2D eigenvalue weighted by Gasteiger charge is 2.05. The summed E-state index contributed by atoms with van der Waals surface area (Å²) in [5.41, 5.74) is 1.23. The summed E-state index contributed by atoms with van der Waals surface area (Å²) >= 11 is 0. The molecule has 0 radical (unpaired) electrons. The van der Waals surface area contributed by atoms with Crippen molar-refractivity contribution < 1.29 is 19.1 Å². The second kappa shape index (κ2) is 7.09. The van der Waals surface area contributed by atoms with Crippen LogP contribution in [0, 0.1) is 0 Å². The zero-order chi connectivity index (χ0) is 15.1. The zero-order valence-corrected chi connectivity index (χ0v) is 11.5. The fraction of sp³-hybridized carbons (Fsp3) is 0.125. The van der Waals surface area contributed by atoms with Gasteiger partial charge in [0.15, 0.2) is 6.61 Å². The molecule has 2 aromatic rings. The van der Waals surface area contributed by atoms with Crippen LogP contribution in [0.15, 0.2) is 54.6 Å². The third-order valence-corrected chi connectivity index (χ3v) is 2.73. The van der Waals surface area contributed by atoms with Crippen molar-refractivity contribution in [2.75, 3.05) is 19.0 Å². The fourth-order valence-electron chi connectivity index (χ4n) is 1.63. The van der Waals surface area contributed by atoms with Gasteiger partial charge in [-0.3, -0.25) is 4.79 Å². The third-order valence-electron chi connectivity index (χ3n) is 2.73. The molecule has 0 saturated carbocycles. The van der Waals surface area contributed by atoms with Gasteiger partial charge in [0.2, 0.25) is 0 Å². The van der Waals surface area contributed by atoms with E-state index in [0.29, 0.717) is 17.0 Å². The Labute approximate surface area is 122 Å². The summed E-state index contributed by atoms with van der Waals surface area (Å²) in [6.45, 7) is -0.147. The van der Waals surface area contributed by atoms with E-state index in [4.69, 9.17) is 4.74 Å². The molecule has 0 heterocycles. The van der Waals surface area contributed by atoms with Gasteiger partial charge in [-0.2, -0.15) is 0 Å². The van der Waals surface area contributed by atoms with Gasteiger partial charge in [-0.25, -0.2) is 4.79 Å². The fourth-order valence-corrected chi connectivity index (χ4v) is 1.63. The zero-order valence-electron chi connectivity index (χ0n) is 11.5. The lowest BCUT2D eigenvalue weighted by Gasteiger charge is -2.07. The molecule has 5 nitrogen and oxygen atoms in total. The van der Waals surface area contributed by atoms with Crippen LogP contribution in [-0.4, -0.2) is 25.6 Å². The quantitative estimate of drug-likeness (QED) is 0.857. The number of esters is 1. The molecule has 0 spiro atoms. The van der Waals surface area contributed by atoms with Crippen molar-refractivity contribution in [2.24, 2.45) is 0 Å². The number of methoxy groups -OCH3 is 1. The van der Waals surface area contributed by atoms with Crippen LogP contribution in [0.5, 0.6) is 5.75 Å². The first-order valence-electron chi connectivity index (χ1n) is 6.35. The van der Waals surface area contributed by atoms with E-state index in [1.54, 1.807) is 48.5 Å². The molecule has 2 rings (SSSR count). The van der Waals surface area contributed by atoms with E-state index in [1.165, 1.54) is 7.11 Å². The molecular formula is C16H15NO4. The van der Waals surface area contributed by atoms with E-state index in [2.05, 4.69) is 10.1 Å². The minimum absolute atomic E-state index is 0.147. The van der Waals surface area contributed by atoms with Crippen LogP contribution >= 0.6 is 0 Å². The van der Waals surface area contributed by atoms with Crippen molar-refractivity contribution in [1.82, 2.24) is 0 Å². The van der Waals surface area contributed by atoms with Gasteiger partial charge in [-0.1, -0.05) is 18.2 Å². The summed E-state index contributed by atoms with van der Waals surface area (Å²) in [5.74, 6) is -0.103. The second-order valence-corrected chi connectivity index (χ2v) is 4.21. The van der Waals surface area contributed by atoms with Gasteiger partial charge in [-0.15, -0.1) is 0 Å². The summed E-state index contributed by atoms with van der Waals surface area (Å²) in [7, 11) is 1.30. The molecule has 0 bridgehead atoms. The minimum atomic E-state index is -0.448. The Morgan fingerprint density at radius 2 is 1.67 bits per heavy atom. The maximum atomic E-state index is 11.9. The van der Waals surface area contributed by atoms with Gasteiger partial charge in [0.1, 0.15) is 5.75 Å². The third kappa shape index (κ3) is 4.35. The SMILES string of the molecule is COC(=O)COc1ccc(NC(=O)c2ccccc2)cc1. The molecular weight excluding hydrogens is 270 g/mol. The predicted octanol–water partition coefficient (Wildman–Crippen LogP) is 2.49. The topological polar surface area (TPSA) is 64.6 Å². The number of anilines is 1. The summed E-state index contributed by atoms with van der Waals surface area (Å²) in [4.78, 5) is 22.9. The standard InChI is InChI=1S/C16H15NO4/c1-20-15(18)11-21-14-9-7-13(8-10-14)17-16(19)12-5-3-2-4-6-12/h2-10H,11H2,1H3,(H,17,19). The number of hydrogen-bond donors (Lipinski definition) is 1. The first-order chi connectivity index (χ1) is 10.2. The highest BCUT2D eigenvalue weighted by Crippen LogP contribution is 2.16. The molecule has 5 heteroatoms. The number of amides is 1. The Morgan fingerprint density at radius 1 is 1.00 bits per heavy atom. The maximum absolute atomic E-state index is 11.9. The number of carbonyl (C=O) groups excluding carboxylic acids is 2. The van der Waals surface area contributed by atoms with Gasteiger partial charge >= 0.3 is 5.97 Å². The molecule has 108 valence electrons. The molecule has 0 aliphatic carbocycles. The van der Waals surface area contributed by atoms with Crippen molar-refractivity contribution in [3.63, 3.8) is 0 Å². The van der Waals surface area contributed by atoms with Crippen LogP contribution in [0.3, 0.4) is 0 Å². The van der Waals surface area contributed by atoms with E-state index in [9.17, 15) is 9.59 Å². The van der Waals surface area contributed by atoms with Crippen LogP contribution in [-0.2, 0) is 9.53 Å². The molecule has 2 aromatic carbocycles. The predicted molar refractivity (Wildman–Crippen MR) is 78.3 cm³/mol. The number of nitrogens with one attached hydrogen (secondary N) is 1. The number of rotatable bonds is 5. The molecule has 0 atom stereocenters. The van der Waals surface area contributed by atoms with Gasteiger partial charge in [-0.05, 0) is 36.4 Å². The molecule has 1 N–H and O–H groups in total. The Bertz CT molecular complexity index is 608. The maximum Gasteiger partial charge on any atom is 0.343 e. The van der Waals surface area contributed by atoms with Crippen molar-refractivity contribution in [3.05, 3.63) is 60.2 Å². The monoisotopic (exact) mass is 285 g/mol. The highest BCUT2D eigenvalue weighted by molar-refractivity contribution is 6.04. The Hall–Kier alpha value is -2.82. The Balaban J connectivity index is 1.93. The number of ether oxygens (including phenoxy) is 2. The molecule has 0 fully saturated rings. The van der Waals surface area contributed by atoms with Gasteiger partial charge in [0.25, 0.3) is 5.91 Å².